The first kappa shape index (κ1) is 16.2. The van der Waals surface area contributed by atoms with Crippen LogP contribution in [0.4, 0.5) is 4.79 Å². The Morgan fingerprint density at radius 3 is 2.32 bits per heavy atom. The number of carbonyl (C=O) groups is 1. The molecule has 0 aromatic rings. The SMILES string of the molecule is CC(CN)CCN1CCN(C(=O)OC(C)(C)C)CC1. The Balaban J connectivity index is 2.27. The van der Waals surface area contributed by atoms with E-state index in [-0.39, 0.29) is 6.09 Å². The Bertz CT molecular complexity index is 281. The third-order valence-electron chi connectivity index (χ3n) is 3.36. The van der Waals surface area contributed by atoms with E-state index in [1.165, 1.54) is 0 Å². The molecular formula is C14H29N3O2. The van der Waals surface area contributed by atoms with Gasteiger partial charge in [0.15, 0.2) is 0 Å². The summed E-state index contributed by atoms with van der Waals surface area (Å²) in [6.45, 7) is 13.1. The van der Waals surface area contributed by atoms with Gasteiger partial charge in [0.05, 0.1) is 0 Å². The molecule has 1 aliphatic rings. The molecule has 0 aliphatic carbocycles. The summed E-state index contributed by atoms with van der Waals surface area (Å²) in [6, 6.07) is 0. The Morgan fingerprint density at radius 1 is 1.26 bits per heavy atom. The monoisotopic (exact) mass is 271 g/mol. The van der Waals surface area contributed by atoms with Crippen LogP contribution in [0.15, 0.2) is 0 Å². The summed E-state index contributed by atoms with van der Waals surface area (Å²) in [5.41, 5.74) is 5.21. The third kappa shape index (κ3) is 6.25. The minimum absolute atomic E-state index is 0.192. The highest BCUT2D eigenvalue weighted by Crippen LogP contribution is 2.12. The topological polar surface area (TPSA) is 58.8 Å². The number of ether oxygens (including phenoxy) is 1. The van der Waals surface area contributed by atoms with E-state index in [1.807, 2.05) is 20.8 Å². The van der Waals surface area contributed by atoms with Gasteiger partial charge >= 0.3 is 6.09 Å². The molecule has 0 radical (unpaired) electrons. The van der Waals surface area contributed by atoms with Crippen molar-refractivity contribution in [1.82, 2.24) is 9.80 Å². The predicted octanol–water partition coefficient (Wildman–Crippen LogP) is 1.52. The van der Waals surface area contributed by atoms with Gasteiger partial charge in [0, 0.05) is 26.2 Å². The average molecular weight is 271 g/mol. The van der Waals surface area contributed by atoms with Crippen molar-refractivity contribution >= 4 is 6.09 Å². The first-order chi connectivity index (χ1) is 8.81. The predicted molar refractivity (Wildman–Crippen MR) is 77.1 cm³/mol. The van der Waals surface area contributed by atoms with Crippen LogP contribution in [0.1, 0.15) is 34.1 Å². The molecule has 1 fully saturated rings. The highest BCUT2D eigenvalue weighted by atomic mass is 16.6. The van der Waals surface area contributed by atoms with Gasteiger partial charge in [0.1, 0.15) is 5.60 Å². The van der Waals surface area contributed by atoms with Crippen LogP contribution >= 0.6 is 0 Å². The maximum atomic E-state index is 11.9. The number of nitrogens with zero attached hydrogens (tertiary/aromatic N) is 2. The van der Waals surface area contributed by atoms with Gasteiger partial charge in [-0.25, -0.2) is 4.79 Å². The molecule has 1 amide bonds. The van der Waals surface area contributed by atoms with E-state index in [0.29, 0.717) is 5.92 Å². The summed E-state index contributed by atoms with van der Waals surface area (Å²) in [5, 5.41) is 0. The van der Waals surface area contributed by atoms with Crippen LogP contribution in [0.5, 0.6) is 0 Å². The molecule has 1 unspecified atom stereocenters. The second-order valence-electron chi connectivity index (χ2n) is 6.44. The lowest BCUT2D eigenvalue weighted by Crippen LogP contribution is -2.50. The highest BCUT2D eigenvalue weighted by molar-refractivity contribution is 5.68. The van der Waals surface area contributed by atoms with Crippen molar-refractivity contribution in [2.24, 2.45) is 11.7 Å². The Kier molecular flexibility index (Phi) is 6.07. The fourth-order valence-electron chi connectivity index (χ4n) is 2.00. The highest BCUT2D eigenvalue weighted by Gasteiger charge is 2.25. The molecule has 0 bridgehead atoms. The van der Waals surface area contributed by atoms with Gasteiger partial charge in [0.2, 0.25) is 0 Å². The lowest BCUT2D eigenvalue weighted by Gasteiger charge is -2.35. The fourth-order valence-corrected chi connectivity index (χ4v) is 2.00. The van der Waals surface area contributed by atoms with E-state index >= 15 is 0 Å². The van der Waals surface area contributed by atoms with Gasteiger partial charge in [-0.1, -0.05) is 6.92 Å². The van der Waals surface area contributed by atoms with Crippen molar-refractivity contribution in [2.45, 2.75) is 39.7 Å². The van der Waals surface area contributed by atoms with E-state index in [9.17, 15) is 4.79 Å². The quantitative estimate of drug-likeness (QED) is 0.842. The van der Waals surface area contributed by atoms with Gasteiger partial charge in [-0.2, -0.15) is 0 Å². The van der Waals surface area contributed by atoms with E-state index in [2.05, 4.69) is 11.8 Å². The summed E-state index contributed by atoms with van der Waals surface area (Å²) >= 11 is 0. The lowest BCUT2D eigenvalue weighted by atomic mass is 10.1. The minimum Gasteiger partial charge on any atom is -0.444 e. The van der Waals surface area contributed by atoms with Crippen LogP contribution in [-0.4, -0.2) is 60.8 Å². The number of hydrogen-bond acceptors (Lipinski definition) is 4. The van der Waals surface area contributed by atoms with Gasteiger partial charge in [-0.3, -0.25) is 4.90 Å². The largest absolute Gasteiger partial charge is 0.444 e. The van der Waals surface area contributed by atoms with Gasteiger partial charge in [-0.15, -0.1) is 0 Å². The smallest absolute Gasteiger partial charge is 0.410 e. The summed E-state index contributed by atoms with van der Waals surface area (Å²) in [5.74, 6) is 0.573. The lowest BCUT2D eigenvalue weighted by molar-refractivity contribution is 0.0142. The number of hydrogen-bond donors (Lipinski definition) is 1. The van der Waals surface area contributed by atoms with Crippen LogP contribution < -0.4 is 5.73 Å². The van der Waals surface area contributed by atoms with Crippen LogP contribution in [0.2, 0.25) is 0 Å². The first-order valence-corrected chi connectivity index (χ1v) is 7.22. The Hall–Kier alpha value is -0.810. The zero-order valence-corrected chi connectivity index (χ0v) is 12.8. The van der Waals surface area contributed by atoms with E-state index in [4.69, 9.17) is 10.5 Å². The standard InChI is InChI=1S/C14H29N3O2/c1-12(11-15)5-6-16-7-9-17(10-8-16)13(18)19-14(2,3)4/h12H,5-11,15H2,1-4H3. The molecule has 0 saturated carbocycles. The second kappa shape index (κ2) is 7.10. The van der Waals surface area contributed by atoms with E-state index in [0.717, 1.165) is 45.7 Å². The number of rotatable bonds is 4. The number of piperazine rings is 1. The molecule has 112 valence electrons. The van der Waals surface area contributed by atoms with Crippen LogP contribution in [0.25, 0.3) is 0 Å². The molecule has 0 aromatic heterocycles. The normalized spacial score (nSPS) is 19.3. The zero-order chi connectivity index (χ0) is 14.5. The number of nitrogens with two attached hydrogens (primary N) is 1. The zero-order valence-electron chi connectivity index (χ0n) is 12.8. The van der Waals surface area contributed by atoms with Crippen molar-refractivity contribution in [3.05, 3.63) is 0 Å². The summed E-state index contributed by atoms with van der Waals surface area (Å²) in [4.78, 5) is 16.1. The Labute approximate surface area is 117 Å². The van der Waals surface area contributed by atoms with E-state index < -0.39 is 5.60 Å². The third-order valence-corrected chi connectivity index (χ3v) is 3.36. The average Bonchev–Trinajstić information content (AvgIpc) is 2.34. The molecule has 2 N–H and O–H groups in total. The molecule has 0 spiro atoms. The Morgan fingerprint density at radius 2 is 1.84 bits per heavy atom. The molecule has 19 heavy (non-hydrogen) atoms. The maximum absolute atomic E-state index is 11.9. The molecule has 5 nitrogen and oxygen atoms in total. The van der Waals surface area contributed by atoms with Crippen LogP contribution in [-0.2, 0) is 4.74 Å². The molecule has 1 heterocycles. The number of amides is 1. The van der Waals surface area contributed by atoms with Crippen LogP contribution in [0, 0.1) is 5.92 Å². The van der Waals surface area contributed by atoms with Crippen molar-refractivity contribution in [1.29, 1.82) is 0 Å². The summed E-state index contributed by atoms with van der Waals surface area (Å²) in [6.07, 6.45) is 0.936. The van der Waals surface area contributed by atoms with Gasteiger partial charge in [0.25, 0.3) is 0 Å². The summed E-state index contributed by atoms with van der Waals surface area (Å²) in [7, 11) is 0. The fraction of sp³-hybridized carbons (Fsp3) is 0.929. The molecule has 0 aromatic carbocycles. The van der Waals surface area contributed by atoms with Crippen molar-refractivity contribution < 1.29 is 9.53 Å². The molecule has 5 heteroatoms. The van der Waals surface area contributed by atoms with Crippen LogP contribution in [0.3, 0.4) is 0 Å². The maximum Gasteiger partial charge on any atom is 0.410 e. The van der Waals surface area contributed by atoms with Gasteiger partial charge < -0.3 is 15.4 Å². The second-order valence-corrected chi connectivity index (χ2v) is 6.44. The molecular weight excluding hydrogens is 242 g/mol. The van der Waals surface area contributed by atoms with Crippen molar-refractivity contribution in [3.8, 4) is 0 Å². The minimum atomic E-state index is -0.412. The van der Waals surface area contributed by atoms with E-state index in [1.54, 1.807) is 4.90 Å². The first-order valence-electron chi connectivity index (χ1n) is 7.22. The molecule has 1 saturated heterocycles. The number of carbonyl (C=O) groups excluding carboxylic acids is 1. The molecule has 1 aliphatic heterocycles. The van der Waals surface area contributed by atoms with Gasteiger partial charge in [-0.05, 0) is 46.2 Å². The van der Waals surface area contributed by atoms with Crippen molar-refractivity contribution in [3.63, 3.8) is 0 Å². The summed E-state index contributed by atoms with van der Waals surface area (Å²) < 4.78 is 5.38. The van der Waals surface area contributed by atoms with Crippen molar-refractivity contribution in [2.75, 3.05) is 39.3 Å². The molecule has 1 rings (SSSR count). The molecule has 1 atom stereocenters.